The van der Waals surface area contributed by atoms with Crippen molar-refractivity contribution < 1.29 is 39.1 Å². The summed E-state index contributed by atoms with van der Waals surface area (Å²) in [5.74, 6) is 0.323. The zero-order chi connectivity index (χ0) is 21.7. The number of nitro groups is 1. The van der Waals surface area contributed by atoms with Crippen LogP contribution in [0.4, 0.5) is 21.0 Å². The molecule has 0 amide bonds. The molecule has 0 saturated heterocycles. The molecular weight excluding hydrogens is 402 g/mol. The number of nitrogens with zero attached hydrogens (tertiary/aromatic N) is 3. The quantitative estimate of drug-likeness (QED) is 0.427. The highest BCUT2D eigenvalue weighted by molar-refractivity contribution is 5.95. The number of hydrogen-bond donors (Lipinski definition) is 2. The summed E-state index contributed by atoms with van der Waals surface area (Å²) >= 11 is 0. The van der Waals surface area contributed by atoms with Crippen molar-refractivity contribution in [2.24, 2.45) is 0 Å². The van der Waals surface area contributed by atoms with Gasteiger partial charge in [0.15, 0.2) is 0 Å². The van der Waals surface area contributed by atoms with Gasteiger partial charge in [0.1, 0.15) is 18.0 Å². The van der Waals surface area contributed by atoms with Gasteiger partial charge < -0.3 is 14.9 Å². The van der Waals surface area contributed by atoms with Gasteiger partial charge in [-0.05, 0) is 23.4 Å². The van der Waals surface area contributed by atoms with E-state index >= 15 is 0 Å². The smallest absolute Gasteiger partial charge is 0.488 e. The van der Waals surface area contributed by atoms with E-state index in [-0.39, 0.29) is 28.8 Å². The predicted molar refractivity (Wildman–Crippen MR) is 99.9 cm³/mol. The van der Waals surface area contributed by atoms with Gasteiger partial charge in [-0.1, -0.05) is 18.2 Å². The maximum atomic E-state index is 11.2. The van der Waals surface area contributed by atoms with Crippen LogP contribution in [0.5, 0.6) is 5.75 Å². The molecule has 0 radical (unpaired) electrons. The molecule has 154 valence electrons. The van der Waals surface area contributed by atoms with Gasteiger partial charge in [0, 0.05) is 23.2 Å². The standard InChI is InChI=1S/C18H13N3O9/c22-17(23)29-21(30-18(24)25)15-9-19-8-7-11(15)10-28-16-6-5-14(20(26)27)12-3-1-2-4-13(12)16/h1-9H,10H2,(H,22,23)(H,24,25). The third kappa shape index (κ3) is 4.44. The Bertz CT molecular complexity index is 1100. The highest BCUT2D eigenvalue weighted by atomic mass is 17.0. The molecule has 0 saturated carbocycles. The van der Waals surface area contributed by atoms with Crippen LogP contribution in [-0.2, 0) is 16.3 Å². The third-order valence-electron chi connectivity index (χ3n) is 3.85. The van der Waals surface area contributed by atoms with Crippen molar-refractivity contribution in [2.45, 2.75) is 6.61 Å². The van der Waals surface area contributed by atoms with Gasteiger partial charge in [-0.25, -0.2) is 9.59 Å². The zero-order valence-corrected chi connectivity index (χ0v) is 15.0. The molecule has 2 aromatic carbocycles. The second-order valence-electron chi connectivity index (χ2n) is 5.65. The Hall–Kier alpha value is -4.61. The van der Waals surface area contributed by atoms with Gasteiger partial charge >= 0.3 is 12.3 Å². The lowest BCUT2D eigenvalue weighted by molar-refractivity contribution is -0.383. The van der Waals surface area contributed by atoms with Crippen molar-refractivity contribution in [2.75, 3.05) is 5.23 Å². The zero-order valence-electron chi connectivity index (χ0n) is 15.0. The van der Waals surface area contributed by atoms with Gasteiger partial charge in [0.2, 0.25) is 0 Å². The number of nitro benzene ring substituents is 1. The van der Waals surface area contributed by atoms with E-state index in [0.717, 1.165) is 6.20 Å². The first-order valence-electron chi connectivity index (χ1n) is 8.20. The monoisotopic (exact) mass is 415 g/mol. The van der Waals surface area contributed by atoms with Crippen LogP contribution in [0.1, 0.15) is 5.56 Å². The summed E-state index contributed by atoms with van der Waals surface area (Å²) in [7, 11) is 0. The Kier molecular flexibility index (Phi) is 5.77. The van der Waals surface area contributed by atoms with Crippen LogP contribution in [0, 0.1) is 10.1 Å². The largest absolute Gasteiger partial charge is 0.533 e. The summed E-state index contributed by atoms with van der Waals surface area (Å²) in [6.45, 7) is -0.178. The molecule has 0 aliphatic carbocycles. The number of carboxylic acid groups (broad SMARTS) is 2. The van der Waals surface area contributed by atoms with Crippen molar-refractivity contribution in [3.63, 3.8) is 0 Å². The number of pyridine rings is 1. The summed E-state index contributed by atoms with van der Waals surface area (Å²) in [5.41, 5.74) is 0.0573. The van der Waals surface area contributed by atoms with E-state index in [9.17, 15) is 19.7 Å². The molecule has 12 heteroatoms. The minimum Gasteiger partial charge on any atom is -0.488 e. The van der Waals surface area contributed by atoms with Crippen LogP contribution in [0.15, 0.2) is 54.9 Å². The Morgan fingerprint density at radius 3 is 2.33 bits per heavy atom. The normalized spacial score (nSPS) is 10.3. The summed E-state index contributed by atoms with van der Waals surface area (Å²) in [6.07, 6.45) is -1.13. The van der Waals surface area contributed by atoms with E-state index in [1.165, 1.54) is 24.4 Å². The second kappa shape index (κ2) is 8.60. The highest BCUT2D eigenvalue weighted by Crippen LogP contribution is 2.33. The van der Waals surface area contributed by atoms with Gasteiger partial charge in [0.25, 0.3) is 5.69 Å². The molecule has 12 nitrogen and oxygen atoms in total. The van der Waals surface area contributed by atoms with E-state index in [4.69, 9.17) is 14.9 Å². The molecular formula is C18H13N3O9. The molecule has 0 atom stereocenters. The molecule has 3 rings (SSSR count). The number of benzene rings is 2. The molecule has 3 aromatic rings. The van der Waals surface area contributed by atoms with Gasteiger partial charge in [0.05, 0.1) is 16.5 Å². The Balaban J connectivity index is 1.92. The van der Waals surface area contributed by atoms with E-state index in [1.54, 1.807) is 24.3 Å². The van der Waals surface area contributed by atoms with Crippen molar-refractivity contribution in [1.82, 2.24) is 4.98 Å². The Morgan fingerprint density at radius 1 is 1.03 bits per heavy atom. The van der Waals surface area contributed by atoms with Crippen molar-refractivity contribution in [3.8, 4) is 5.75 Å². The Labute approximate surface area is 167 Å². The molecule has 0 aliphatic rings. The van der Waals surface area contributed by atoms with Crippen LogP contribution in [0.25, 0.3) is 10.8 Å². The number of ether oxygens (including phenoxy) is 1. The molecule has 1 heterocycles. The van der Waals surface area contributed by atoms with E-state index in [1.807, 2.05) is 0 Å². The van der Waals surface area contributed by atoms with Crippen LogP contribution >= 0.6 is 0 Å². The fourth-order valence-electron chi connectivity index (χ4n) is 2.66. The lowest BCUT2D eigenvalue weighted by Gasteiger charge is -2.20. The maximum absolute atomic E-state index is 11.2. The van der Waals surface area contributed by atoms with Gasteiger partial charge in [-0.15, -0.1) is 0 Å². The number of anilines is 1. The minimum absolute atomic E-state index is 0.0848. The Morgan fingerprint density at radius 2 is 1.70 bits per heavy atom. The molecule has 0 spiro atoms. The molecule has 1 aromatic heterocycles. The SMILES string of the molecule is O=C(O)ON(OC(=O)O)c1cnccc1COc1ccc([N+](=O)[O-])c2ccccc12. The fourth-order valence-corrected chi connectivity index (χ4v) is 2.66. The average molecular weight is 415 g/mol. The first kappa shape index (κ1) is 20.1. The summed E-state index contributed by atoms with van der Waals surface area (Å²) in [5, 5.41) is 29.9. The van der Waals surface area contributed by atoms with Gasteiger partial charge in [-0.3, -0.25) is 24.8 Å². The lowest BCUT2D eigenvalue weighted by atomic mass is 10.1. The fraction of sp³-hybridized carbons (Fsp3) is 0.0556. The molecule has 0 fully saturated rings. The molecule has 0 unspecified atom stereocenters. The van der Waals surface area contributed by atoms with E-state index < -0.39 is 17.2 Å². The number of fused-ring (bicyclic) bond motifs is 1. The number of aromatic nitrogens is 1. The summed E-state index contributed by atoms with van der Waals surface area (Å²) < 4.78 is 5.76. The van der Waals surface area contributed by atoms with Crippen LogP contribution < -0.4 is 9.96 Å². The third-order valence-corrected chi connectivity index (χ3v) is 3.85. The molecule has 2 N–H and O–H groups in total. The predicted octanol–water partition coefficient (Wildman–Crippen LogP) is 3.75. The highest BCUT2D eigenvalue weighted by Gasteiger charge is 2.22. The van der Waals surface area contributed by atoms with Gasteiger partial charge in [-0.2, -0.15) is 0 Å². The number of non-ortho nitro benzene ring substituents is 1. The van der Waals surface area contributed by atoms with Crippen LogP contribution in [0.2, 0.25) is 0 Å². The topological polar surface area (TPSA) is 162 Å². The number of rotatable bonds is 7. The van der Waals surface area contributed by atoms with E-state index in [2.05, 4.69) is 14.7 Å². The van der Waals surface area contributed by atoms with E-state index in [0.29, 0.717) is 16.5 Å². The lowest BCUT2D eigenvalue weighted by Crippen LogP contribution is -2.30. The molecule has 0 bridgehead atoms. The van der Waals surface area contributed by atoms with Crippen molar-refractivity contribution in [3.05, 3.63) is 70.5 Å². The van der Waals surface area contributed by atoms with Crippen LogP contribution in [0.3, 0.4) is 0 Å². The maximum Gasteiger partial charge on any atom is 0.533 e. The average Bonchev–Trinajstić information content (AvgIpc) is 2.70. The van der Waals surface area contributed by atoms with Crippen LogP contribution in [-0.4, -0.2) is 32.4 Å². The summed E-state index contributed by atoms with van der Waals surface area (Å²) in [6, 6.07) is 10.8. The number of hydrogen-bond acceptors (Lipinski definition) is 9. The molecule has 0 aliphatic heterocycles. The first-order valence-corrected chi connectivity index (χ1v) is 8.20. The number of carbonyl (C=O) groups is 2. The van der Waals surface area contributed by atoms with Crippen molar-refractivity contribution in [1.29, 1.82) is 0 Å². The second-order valence-corrected chi connectivity index (χ2v) is 5.65. The first-order chi connectivity index (χ1) is 14.4. The van der Waals surface area contributed by atoms with Crippen molar-refractivity contribution >= 4 is 34.5 Å². The minimum atomic E-state index is -1.81. The molecule has 30 heavy (non-hydrogen) atoms. The summed E-state index contributed by atoms with van der Waals surface area (Å²) in [4.78, 5) is 44.9.